The monoisotopic (exact) mass is 228 g/mol. The summed E-state index contributed by atoms with van der Waals surface area (Å²) in [6.07, 6.45) is 0. The molecule has 64 valence electrons. The number of aromatic nitrogens is 3. The van der Waals surface area contributed by atoms with Gasteiger partial charge in [0.15, 0.2) is 5.69 Å². The van der Waals surface area contributed by atoms with Crippen molar-refractivity contribution in [2.24, 2.45) is 0 Å². The molecule has 0 aromatic carbocycles. The van der Waals surface area contributed by atoms with Crippen molar-refractivity contribution in [2.75, 3.05) is 0 Å². The molecular formula is C7H9BrN4. The first-order valence-electron chi connectivity index (χ1n) is 3.51. The second kappa shape index (κ2) is 5.61. The number of hydrogen-bond donors (Lipinski definition) is 0. The summed E-state index contributed by atoms with van der Waals surface area (Å²) >= 11 is 3.07. The van der Waals surface area contributed by atoms with Crippen LogP contribution in [0.5, 0.6) is 0 Å². The fraction of sp³-hybridized carbons (Fsp3) is 0.429. The van der Waals surface area contributed by atoms with E-state index in [0.717, 1.165) is 0 Å². The minimum atomic E-state index is 0.214. The second-order valence-corrected chi connectivity index (χ2v) is 2.36. The first-order chi connectivity index (χ1) is 5.74. The third-order valence-corrected chi connectivity index (χ3v) is 1.41. The van der Waals surface area contributed by atoms with E-state index in [1.165, 1.54) is 0 Å². The van der Waals surface area contributed by atoms with Gasteiger partial charge in [-0.3, -0.25) is 0 Å². The lowest BCUT2D eigenvalue weighted by Crippen LogP contribution is -1.95. The van der Waals surface area contributed by atoms with Crippen molar-refractivity contribution in [3.8, 4) is 6.07 Å². The van der Waals surface area contributed by atoms with Gasteiger partial charge in [0.25, 0.3) is 0 Å². The zero-order valence-corrected chi connectivity index (χ0v) is 8.75. The predicted octanol–water partition coefficient (Wildman–Crippen LogP) is 1.84. The van der Waals surface area contributed by atoms with Crippen LogP contribution in [0.25, 0.3) is 0 Å². The summed E-state index contributed by atoms with van der Waals surface area (Å²) in [5.41, 5.74) is 0.214. The van der Waals surface area contributed by atoms with E-state index >= 15 is 0 Å². The zero-order valence-electron chi connectivity index (χ0n) is 7.17. The largest absolute Gasteiger partial charge is 0.221 e. The van der Waals surface area contributed by atoms with Crippen molar-refractivity contribution in [2.45, 2.75) is 20.8 Å². The van der Waals surface area contributed by atoms with Gasteiger partial charge in [0, 0.05) is 0 Å². The summed E-state index contributed by atoms with van der Waals surface area (Å²) in [6.45, 7) is 5.71. The third kappa shape index (κ3) is 2.93. The van der Waals surface area contributed by atoms with Gasteiger partial charge in [-0.25, -0.2) is 4.98 Å². The fourth-order valence-corrected chi connectivity index (χ4v) is 0.874. The zero-order chi connectivity index (χ0) is 9.56. The molecule has 1 rings (SSSR count). The molecule has 0 unspecified atom stereocenters. The topological polar surface area (TPSA) is 62.5 Å². The molecule has 0 aliphatic rings. The Morgan fingerprint density at radius 2 is 1.92 bits per heavy atom. The average Bonchev–Trinajstić information content (AvgIpc) is 2.08. The van der Waals surface area contributed by atoms with Crippen molar-refractivity contribution in [3.05, 3.63) is 16.1 Å². The molecule has 0 radical (unpaired) electrons. The quantitative estimate of drug-likeness (QED) is 0.680. The highest BCUT2D eigenvalue weighted by Gasteiger charge is 2.01. The molecule has 1 heterocycles. The van der Waals surface area contributed by atoms with Crippen molar-refractivity contribution in [3.63, 3.8) is 0 Å². The Bertz CT molecular complexity index is 292. The number of rotatable bonds is 0. The van der Waals surface area contributed by atoms with Crippen molar-refractivity contribution < 1.29 is 0 Å². The van der Waals surface area contributed by atoms with Gasteiger partial charge >= 0.3 is 0 Å². The molecule has 0 N–H and O–H groups in total. The minimum absolute atomic E-state index is 0.214. The van der Waals surface area contributed by atoms with E-state index in [0.29, 0.717) is 10.4 Å². The molecule has 0 fully saturated rings. The summed E-state index contributed by atoms with van der Waals surface area (Å²) in [5, 5.41) is 15.6. The van der Waals surface area contributed by atoms with Crippen molar-refractivity contribution in [1.82, 2.24) is 15.2 Å². The number of nitriles is 1. The first kappa shape index (κ1) is 11.0. The molecule has 5 heteroatoms. The molecule has 4 nitrogen and oxygen atoms in total. The maximum atomic E-state index is 8.39. The van der Waals surface area contributed by atoms with Crippen LogP contribution in [0.1, 0.15) is 25.4 Å². The molecule has 1 aromatic heterocycles. The van der Waals surface area contributed by atoms with E-state index in [2.05, 4.69) is 31.1 Å². The van der Waals surface area contributed by atoms with Gasteiger partial charge in [0.1, 0.15) is 16.5 Å². The van der Waals surface area contributed by atoms with Gasteiger partial charge in [0.05, 0.1) is 0 Å². The first-order valence-corrected chi connectivity index (χ1v) is 4.30. The van der Waals surface area contributed by atoms with Crippen LogP contribution in [0, 0.1) is 18.3 Å². The molecule has 12 heavy (non-hydrogen) atoms. The Morgan fingerprint density at radius 3 is 2.33 bits per heavy atom. The molecule has 0 aliphatic carbocycles. The highest BCUT2D eigenvalue weighted by molar-refractivity contribution is 9.10. The molecule has 0 atom stereocenters. The van der Waals surface area contributed by atoms with Crippen LogP contribution in [0.4, 0.5) is 0 Å². The van der Waals surface area contributed by atoms with Gasteiger partial charge in [-0.1, -0.05) is 13.8 Å². The van der Waals surface area contributed by atoms with Crippen LogP contribution >= 0.6 is 15.9 Å². The lowest BCUT2D eigenvalue weighted by atomic mass is 10.5. The Morgan fingerprint density at radius 1 is 1.33 bits per heavy atom. The number of aryl methyl sites for hydroxylation is 1. The van der Waals surface area contributed by atoms with Gasteiger partial charge in [0.2, 0.25) is 0 Å². The Hall–Kier alpha value is -1.02. The maximum Gasteiger partial charge on any atom is 0.195 e. The fourth-order valence-electron chi connectivity index (χ4n) is 0.449. The Kier molecular flexibility index (Phi) is 5.13. The lowest BCUT2D eigenvalue weighted by Gasteiger charge is -1.91. The Balaban J connectivity index is 0.000000561. The number of nitrogens with zero attached hydrogens (tertiary/aromatic N) is 4. The summed E-state index contributed by atoms with van der Waals surface area (Å²) in [7, 11) is 0. The SMILES string of the molecule is CC.Cc1nnc(C#N)c(Br)n1. The predicted molar refractivity (Wildman–Crippen MR) is 48.3 cm³/mol. The van der Waals surface area contributed by atoms with Gasteiger partial charge in [-0.05, 0) is 22.9 Å². The van der Waals surface area contributed by atoms with Crippen LogP contribution in [0.3, 0.4) is 0 Å². The molecule has 0 aliphatic heterocycles. The van der Waals surface area contributed by atoms with E-state index in [1.807, 2.05) is 19.9 Å². The summed E-state index contributed by atoms with van der Waals surface area (Å²) in [5.74, 6) is 0.547. The third-order valence-electron chi connectivity index (χ3n) is 0.856. The van der Waals surface area contributed by atoms with E-state index in [-0.39, 0.29) is 5.69 Å². The van der Waals surface area contributed by atoms with E-state index in [9.17, 15) is 0 Å². The summed E-state index contributed by atoms with van der Waals surface area (Å²) in [6, 6.07) is 1.84. The van der Waals surface area contributed by atoms with E-state index in [4.69, 9.17) is 5.26 Å². The number of halogens is 1. The van der Waals surface area contributed by atoms with Crippen LogP contribution < -0.4 is 0 Å². The Labute approximate surface area is 79.8 Å². The number of hydrogen-bond acceptors (Lipinski definition) is 4. The maximum absolute atomic E-state index is 8.39. The van der Waals surface area contributed by atoms with Crippen LogP contribution in [0.2, 0.25) is 0 Å². The minimum Gasteiger partial charge on any atom is -0.221 e. The second-order valence-electron chi connectivity index (χ2n) is 1.61. The van der Waals surface area contributed by atoms with Gasteiger partial charge < -0.3 is 0 Å². The van der Waals surface area contributed by atoms with E-state index in [1.54, 1.807) is 6.92 Å². The standard InChI is InChI=1S/C5H3BrN4.C2H6/c1-3-8-5(6)4(2-7)10-9-3;1-2/h1H3;1-2H3. The normalized spacial score (nSPS) is 7.92. The van der Waals surface area contributed by atoms with Crippen LogP contribution in [-0.4, -0.2) is 15.2 Å². The van der Waals surface area contributed by atoms with Gasteiger partial charge in [-0.15, -0.1) is 10.2 Å². The average molecular weight is 229 g/mol. The summed E-state index contributed by atoms with van der Waals surface area (Å²) in [4.78, 5) is 3.86. The lowest BCUT2D eigenvalue weighted by molar-refractivity contribution is 0.879. The van der Waals surface area contributed by atoms with Gasteiger partial charge in [-0.2, -0.15) is 5.26 Å². The molecule has 1 aromatic rings. The highest BCUT2D eigenvalue weighted by Crippen LogP contribution is 2.07. The van der Waals surface area contributed by atoms with Crippen LogP contribution in [0.15, 0.2) is 4.60 Å². The molecule has 0 bridgehead atoms. The summed E-state index contributed by atoms with van der Waals surface area (Å²) < 4.78 is 0.447. The molecule has 0 saturated carbocycles. The van der Waals surface area contributed by atoms with Crippen LogP contribution in [-0.2, 0) is 0 Å². The smallest absolute Gasteiger partial charge is 0.195 e. The van der Waals surface area contributed by atoms with Crippen molar-refractivity contribution in [1.29, 1.82) is 5.26 Å². The molecule has 0 amide bonds. The molecule has 0 spiro atoms. The molecular weight excluding hydrogens is 220 g/mol. The van der Waals surface area contributed by atoms with Crippen molar-refractivity contribution >= 4 is 15.9 Å². The highest BCUT2D eigenvalue weighted by atomic mass is 79.9. The molecule has 0 saturated heterocycles. The van der Waals surface area contributed by atoms with E-state index < -0.39 is 0 Å².